The van der Waals surface area contributed by atoms with Gasteiger partial charge < -0.3 is 9.32 Å². The summed E-state index contributed by atoms with van der Waals surface area (Å²) in [6, 6.07) is 86.9. The van der Waals surface area contributed by atoms with Gasteiger partial charge in [0.2, 0.25) is 0 Å². The number of fused-ring (bicyclic) bond motifs is 16. The molecule has 1 spiro atoms. The first-order valence-corrected chi connectivity index (χ1v) is 22.5. The Morgan fingerprint density at radius 1 is 0.323 bits per heavy atom. The highest BCUT2D eigenvalue weighted by Gasteiger charge is 2.52. The Labute approximate surface area is 376 Å². The number of furan rings is 1. The molecule has 0 N–H and O–H groups in total. The van der Waals surface area contributed by atoms with Crippen LogP contribution in [0.5, 0.6) is 0 Å². The van der Waals surface area contributed by atoms with Gasteiger partial charge in [-0.3, -0.25) is 0 Å². The van der Waals surface area contributed by atoms with Crippen LogP contribution in [-0.4, -0.2) is 0 Å². The molecule has 0 aliphatic heterocycles. The topological polar surface area (TPSA) is 16.4 Å². The molecule has 2 nitrogen and oxygen atoms in total. The highest BCUT2D eigenvalue weighted by molar-refractivity contribution is 6.24. The van der Waals surface area contributed by atoms with Crippen molar-refractivity contribution in [3.8, 4) is 44.5 Å². The summed E-state index contributed by atoms with van der Waals surface area (Å²) in [5.74, 6) is 0. The molecular formula is C63H39NO. The van der Waals surface area contributed by atoms with E-state index in [0.29, 0.717) is 0 Å². The van der Waals surface area contributed by atoms with Gasteiger partial charge in [0.25, 0.3) is 0 Å². The third kappa shape index (κ3) is 4.99. The van der Waals surface area contributed by atoms with Crippen LogP contribution in [0.3, 0.4) is 0 Å². The van der Waals surface area contributed by atoms with Crippen molar-refractivity contribution in [2.24, 2.45) is 0 Å². The highest BCUT2D eigenvalue weighted by Crippen LogP contribution is 2.65. The molecule has 0 radical (unpaired) electrons. The molecule has 0 saturated carbocycles. The van der Waals surface area contributed by atoms with Crippen molar-refractivity contribution in [3.05, 3.63) is 259 Å². The molecule has 0 saturated heterocycles. The largest absolute Gasteiger partial charge is 0.453 e. The summed E-state index contributed by atoms with van der Waals surface area (Å²) >= 11 is 0. The molecule has 11 aromatic carbocycles. The molecule has 12 aromatic rings. The first-order chi connectivity index (χ1) is 32.3. The Morgan fingerprint density at radius 3 is 1.62 bits per heavy atom. The van der Waals surface area contributed by atoms with Crippen LogP contribution in [-0.2, 0) is 5.41 Å². The van der Waals surface area contributed by atoms with E-state index in [1.54, 1.807) is 0 Å². The van der Waals surface area contributed by atoms with Crippen molar-refractivity contribution in [2.75, 3.05) is 4.90 Å². The summed E-state index contributed by atoms with van der Waals surface area (Å²) in [5.41, 5.74) is 19.3. The molecule has 2 aliphatic rings. The van der Waals surface area contributed by atoms with Gasteiger partial charge in [0.1, 0.15) is 5.58 Å². The monoisotopic (exact) mass is 825 g/mol. The van der Waals surface area contributed by atoms with E-state index >= 15 is 0 Å². The van der Waals surface area contributed by atoms with Gasteiger partial charge in [-0.15, -0.1) is 0 Å². The number of benzene rings is 11. The van der Waals surface area contributed by atoms with E-state index in [0.717, 1.165) is 55.5 Å². The SMILES string of the molecule is c1ccc(-c2cccc3c2oc2c(N(c4ccc(-c5cccc6ccccc56)cc4)c4cccc5c4-c4ccccc4C54c5ccccc5-c5ccccc54)cc4ccccc4c23)cc1. The van der Waals surface area contributed by atoms with E-state index in [4.69, 9.17) is 4.42 Å². The number of para-hydroxylation sites is 1. The van der Waals surface area contributed by atoms with E-state index in [1.165, 1.54) is 71.8 Å². The zero-order valence-corrected chi connectivity index (χ0v) is 35.4. The fourth-order valence-electron chi connectivity index (χ4n) is 11.6. The van der Waals surface area contributed by atoms with Crippen LogP contribution in [0.1, 0.15) is 22.3 Å². The summed E-state index contributed by atoms with van der Waals surface area (Å²) in [4.78, 5) is 2.48. The van der Waals surface area contributed by atoms with Gasteiger partial charge in [-0.2, -0.15) is 0 Å². The zero-order valence-electron chi connectivity index (χ0n) is 35.4. The molecule has 1 heterocycles. The maximum absolute atomic E-state index is 7.38. The third-order valence-electron chi connectivity index (χ3n) is 14.3. The minimum atomic E-state index is -0.484. The van der Waals surface area contributed by atoms with E-state index in [9.17, 15) is 0 Å². The number of rotatable bonds is 5. The lowest BCUT2D eigenvalue weighted by Gasteiger charge is -2.32. The maximum Gasteiger partial charge on any atom is 0.160 e. The van der Waals surface area contributed by atoms with Gasteiger partial charge in [-0.05, 0) is 101 Å². The number of anilines is 3. The molecule has 14 rings (SSSR count). The van der Waals surface area contributed by atoms with Crippen LogP contribution in [0.4, 0.5) is 17.1 Å². The second kappa shape index (κ2) is 13.8. The predicted octanol–water partition coefficient (Wildman–Crippen LogP) is 17.0. The van der Waals surface area contributed by atoms with Crippen molar-refractivity contribution in [1.82, 2.24) is 0 Å². The van der Waals surface area contributed by atoms with Crippen molar-refractivity contribution >= 4 is 60.5 Å². The number of hydrogen-bond acceptors (Lipinski definition) is 2. The lowest BCUT2D eigenvalue weighted by molar-refractivity contribution is 0.670. The second-order valence-corrected chi connectivity index (χ2v) is 17.5. The first-order valence-electron chi connectivity index (χ1n) is 22.5. The smallest absolute Gasteiger partial charge is 0.160 e. The molecule has 0 atom stereocenters. The number of nitrogens with zero attached hydrogens (tertiary/aromatic N) is 1. The van der Waals surface area contributed by atoms with Gasteiger partial charge in [0.05, 0.1) is 16.8 Å². The van der Waals surface area contributed by atoms with Crippen LogP contribution >= 0.6 is 0 Å². The third-order valence-corrected chi connectivity index (χ3v) is 14.3. The van der Waals surface area contributed by atoms with Crippen LogP contribution < -0.4 is 4.90 Å². The summed E-state index contributed by atoms with van der Waals surface area (Å²) in [6.45, 7) is 0. The maximum atomic E-state index is 7.38. The van der Waals surface area contributed by atoms with Crippen LogP contribution in [0.15, 0.2) is 241 Å². The zero-order chi connectivity index (χ0) is 42.6. The van der Waals surface area contributed by atoms with E-state index < -0.39 is 5.41 Å². The fraction of sp³-hybridized carbons (Fsp3) is 0.0159. The lowest BCUT2D eigenvalue weighted by atomic mass is 9.70. The Bertz CT molecular complexity index is 3840. The highest BCUT2D eigenvalue weighted by atomic mass is 16.3. The van der Waals surface area contributed by atoms with Crippen LogP contribution in [0.25, 0.3) is 88.0 Å². The molecule has 65 heavy (non-hydrogen) atoms. The van der Waals surface area contributed by atoms with E-state index in [-0.39, 0.29) is 0 Å². The summed E-state index contributed by atoms with van der Waals surface area (Å²) in [6.07, 6.45) is 0. The number of hydrogen-bond donors (Lipinski definition) is 0. The summed E-state index contributed by atoms with van der Waals surface area (Å²) < 4.78 is 7.38. The van der Waals surface area contributed by atoms with Crippen molar-refractivity contribution in [2.45, 2.75) is 5.41 Å². The van der Waals surface area contributed by atoms with Gasteiger partial charge in [0.15, 0.2) is 5.58 Å². The Hall–Kier alpha value is -8.46. The van der Waals surface area contributed by atoms with Crippen LogP contribution in [0, 0.1) is 0 Å². The average Bonchev–Trinajstić information content (AvgIpc) is 4.02. The Kier molecular flexibility index (Phi) is 7.64. The van der Waals surface area contributed by atoms with Gasteiger partial charge in [-0.25, -0.2) is 0 Å². The standard InChI is InChI=1S/C63H39NO/c1-2-17-41(18-3-1)48-28-15-29-52-59-47-23-7-5-20-43(47)39-58(62(59)65-61(48)52)64(44-37-35-42(36-38-44)46-27-14-21-40-19-4-6-22-45(40)46)57-34-16-33-56-60(57)51-26-10-13-32-55(51)63(56)53-30-11-8-24-49(53)50-25-9-12-31-54(50)63/h1-39H. The molecule has 0 bridgehead atoms. The normalized spacial score (nSPS) is 13.0. The predicted molar refractivity (Wildman–Crippen MR) is 271 cm³/mol. The molecular weight excluding hydrogens is 787 g/mol. The lowest BCUT2D eigenvalue weighted by Crippen LogP contribution is -2.26. The van der Waals surface area contributed by atoms with Gasteiger partial charge in [0, 0.05) is 27.6 Å². The Morgan fingerprint density at radius 2 is 0.846 bits per heavy atom. The van der Waals surface area contributed by atoms with Crippen molar-refractivity contribution in [1.29, 1.82) is 0 Å². The minimum absolute atomic E-state index is 0.484. The molecule has 1 aromatic heterocycles. The minimum Gasteiger partial charge on any atom is -0.453 e. The fourth-order valence-corrected chi connectivity index (χ4v) is 11.6. The second-order valence-electron chi connectivity index (χ2n) is 17.5. The molecule has 0 fully saturated rings. The quantitative estimate of drug-likeness (QED) is 0.172. The Balaban J connectivity index is 1.09. The molecule has 2 aliphatic carbocycles. The van der Waals surface area contributed by atoms with Gasteiger partial charge >= 0.3 is 0 Å². The van der Waals surface area contributed by atoms with E-state index in [1.807, 2.05) is 0 Å². The molecule has 302 valence electrons. The average molecular weight is 826 g/mol. The molecule has 0 unspecified atom stereocenters. The summed E-state index contributed by atoms with van der Waals surface area (Å²) in [5, 5.41) is 7.02. The van der Waals surface area contributed by atoms with Crippen molar-refractivity contribution < 1.29 is 4.42 Å². The summed E-state index contributed by atoms with van der Waals surface area (Å²) in [7, 11) is 0. The van der Waals surface area contributed by atoms with E-state index in [2.05, 4.69) is 241 Å². The molecule has 2 heteroatoms. The first kappa shape index (κ1) is 36.1. The van der Waals surface area contributed by atoms with Crippen LogP contribution in [0.2, 0.25) is 0 Å². The van der Waals surface area contributed by atoms with Crippen molar-refractivity contribution in [3.63, 3.8) is 0 Å². The van der Waals surface area contributed by atoms with Gasteiger partial charge in [-0.1, -0.05) is 212 Å². The molecule has 0 amide bonds.